The molecule has 2 aromatic rings. The number of carbonyl (C=O) groups is 1. The molecule has 0 radical (unpaired) electrons. The third-order valence-corrected chi connectivity index (χ3v) is 3.75. The van der Waals surface area contributed by atoms with Crippen molar-refractivity contribution in [2.24, 2.45) is 5.92 Å². The summed E-state index contributed by atoms with van der Waals surface area (Å²) in [7, 11) is 0. The summed E-state index contributed by atoms with van der Waals surface area (Å²) in [5, 5.41) is 2.89. The van der Waals surface area contributed by atoms with E-state index in [2.05, 4.69) is 5.32 Å². The number of oxazole rings is 1. The maximum atomic E-state index is 11.8. The van der Waals surface area contributed by atoms with Crippen LogP contribution in [0.3, 0.4) is 0 Å². The lowest BCUT2D eigenvalue weighted by atomic mass is 10.1. The molecule has 112 valence electrons. The van der Waals surface area contributed by atoms with E-state index < -0.39 is 5.76 Å². The number of aromatic nitrogens is 1. The summed E-state index contributed by atoms with van der Waals surface area (Å²) in [4.78, 5) is 23.6. The second-order valence-electron chi connectivity index (χ2n) is 5.27. The summed E-state index contributed by atoms with van der Waals surface area (Å²) in [6.07, 6.45) is 1.25. The zero-order valence-corrected chi connectivity index (χ0v) is 11.7. The van der Waals surface area contributed by atoms with Crippen LogP contribution < -0.4 is 11.1 Å². The number of hydrogen-bond donors (Lipinski definition) is 1. The zero-order chi connectivity index (χ0) is 14.7. The molecule has 0 aliphatic carbocycles. The number of hydrogen-bond acceptors (Lipinski definition) is 4. The summed E-state index contributed by atoms with van der Waals surface area (Å²) in [5.74, 6) is -0.0706. The number of ether oxygens (including phenoxy) is 1. The Morgan fingerprint density at radius 2 is 2.24 bits per heavy atom. The number of rotatable bonds is 5. The molecule has 1 saturated heterocycles. The van der Waals surface area contributed by atoms with E-state index in [1.165, 1.54) is 4.57 Å². The number of carbonyl (C=O) groups excluding carboxylic acids is 1. The van der Waals surface area contributed by atoms with Gasteiger partial charge in [-0.05, 0) is 18.6 Å². The highest BCUT2D eigenvalue weighted by Crippen LogP contribution is 2.12. The van der Waals surface area contributed by atoms with Crippen molar-refractivity contribution in [2.45, 2.75) is 19.4 Å². The van der Waals surface area contributed by atoms with E-state index in [0.29, 0.717) is 31.2 Å². The van der Waals surface area contributed by atoms with Crippen LogP contribution in [0.2, 0.25) is 0 Å². The molecule has 1 aliphatic rings. The second kappa shape index (κ2) is 6.13. The SMILES string of the molecule is O=C(CCn1c(=O)oc2ccccc21)NCC1CCOC1. The molecule has 1 atom stereocenters. The van der Waals surface area contributed by atoms with Crippen molar-refractivity contribution in [1.29, 1.82) is 0 Å². The molecule has 1 unspecified atom stereocenters. The molecule has 6 heteroatoms. The Kier molecular flexibility index (Phi) is 4.06. The van der Waals surface area contributed by atoms with Gasteiger partial charge in [-0.15, -0.1) is 0 Å². The lowest BCUT2D eigenvalue weighted by Crippen LogP contribution is -2.30. The van der Waals surface area contributed by atoms with Crippen LogP contribution in [0, 0.1) is 5.92 Å². The quantitative estimate of drug-likeness (QED) is 0.896. The number of para-hydroxylation sites is 2. The fourth-order valence-corrected chi connectivity index (χ4v) is 2.53. The lowest BCUT2D eigenvalue weighted by molar-refractivity contribution is -0.121. The predicted molar refractivity (Wildman–Crippen MR) is 77.0 cm³/mol. The third kappa shape index (κ3) is 3.16. The molecule has 0 saturated carbocycles. The minimum Gasteiger partial charge on any atom is -0.408 e. The van der Waals surface area contributed by atoms with Crippen LogP contribution >= 0.6 is 0 Å². The number of aryl methyl sites for hydroxylation is 1. The zero-order valence-electron chi connectivity index (χ0n) is 11.7. The van der Waals surface area contributed by atoms with Gasteiger partial charge in [-0.25, -0.2) is 4.79 Å². The molecule has 1 aromatic carbocycles. The van der Waals surface area contributed by atoms with E-state index in [9.17, 15) is 9.59 Å². The van der Waals surface area contributed by atoms with Gasteiger partial charge in [0.25, 0.3) is 0 Å². The molecule has 1 N–H and O–H groups in total. The maximum Gasteiger partial charge on any atom is 0.419 e. The van der Waals surface area contributed by atoms with Crippen LogP contribution in [0.4, 0.5) is 0 Å². The highest BCUT2D eigenvalue weighted by molar-refractivity contribution is 5.76. The Bertz CT molecular complexity index is 682. The Labute approximate surface area is 121 Å². The first-order valence-corrected chi connectivity index (χ1v) is 7.17. The topological polar surface area (TPSA) is 73.5 Å². The maximum absolute atomic E-state index is 11.8. The Hall–Kier alpha value is -2.08. The third-order valence-electron chi connectivity index (χ3n) is 3.75. The summed E-state index contributed by atoms with van der Waals surface area (Å²) in [6, 6.07) is 7.21. The van der Waals surface area contributed by atoms with Crippen molar-refractivity contribution >= 4 is 17.0 Å². The van der Waals surface area contributed by atoms with Crippen LogP contribution in [0.1, 0.15) is 12.8 Å². The first-order chi connectivity index (χ1) is 10.2. The van der Waals surface area contributed by atoms with Crippen molar-refractivity contribution < 1.29 is 13.9 Å². The Balaban J connectivity index is 1.57. The molecule has 1 fully saturated rings. The average Bonchev–Trinajstić information content (AvgIpc) is 3.10. The van der Waals surface area contributed by atoms with Gasteiger partial charge in [0, 0.05) is 32.0 Å². The molecule has 6 nitrogen and oxygen atoms in total. The monoisotopic (exact) mass is 290 g/mol. The number of fused-ring (bicyclic) bond motifs is 1. The van der Waals surface area contributed by atoms with Gasteiger partial charge in [0.1, 0.15) is 0 Å². The van der Waals surface area contributed by atoms with Gasteiger partial charge < -0.3 is 14.5 Å². The Morgan fingerprint density at radius 1 is 1.38 bits per heavy atom. The summed E-state index contributed by atoms with van der Waals surface area (Å²) in [5.41, 5.74) is 1.27. The van der Waals surface area contributed by atoms with Crippen molar-refractivity contribution in [3.8, 4) is 0 Å². The van der Waals surface area contributed by atoms with Crippen molar-refractivity contribution in [3.05, 3.63) is 34.8 Å². The van der Waals surface area contributed by atoms with Crippen molar-refractivity contribution in [1.82, 2.24) is 9.88 Å². The first kappa shape index (κ1) is 13.9. The van der Waals surface area contributed by atoms with Gasteiger partial charge in [0.2, 0.25) is 5.91 Å². The first-order valence-electron chi connectivity index (χ1n) is 7.17. The van der Waals surface area contributed by atoms with Gasteiger partial charge in [-0.1, -0.05) is 12.1 Å². The summed E-state index contributed by atoms with van der Waals surface area (Å²) < 4.78 is 11.9. The molecule has 2 heterocycles. The van der Waals surface area contributed by atoms with Crippen LogP contribution in [-0.2, 0) is 16.1 Å². The standard InChI is InChI=1S/C15H18N2O4/c18-14(16-9-11-6-8-20-10-11)5-7-17-12-3-1-2-4-13(12)21-15(17)19/h1-4,11H,5-10H2,(H,16,18). The van der Waals surface area contributed by atoms with Gasteiger partial charge in [-0.2, -0.15) is 0 Å². The van der Waals surface area contributed by atoms with Crippen molar-refractivity contribution in [3.63, 3.8) is 0 Å². The van der Waals surface area contributed by atoms with Gasteiger partial charge in [0.05, 0.1) is 12.1 Å². The average molecular weight is 290 g/mol. The fraction of sp³-hybridized carbons (Fsp3) is 0.467. The fourth-order valence-electron chi connectivity index (χ4n) is 2.53. The minimum atomic E-state index is -0.423. The minimum absolute atomic E-state index is 0.0564. The molecule has 1 aliphatic heterocycles. The van der Waals surface area contributed by atoms with E-state index in [1.807, 2.05) is 18.2 Å². The largest absolute Gasteiger partial charge is 0.419 e. The summed E-state index contributed by atoms with van der Waals surface area (Å²) in [6.45, 7) is 2.45. The normalized spacial score (nSPS) is 18.2. The molecule has 1 amide bonds. The van der Waals surface area contributed by atoms with E-state index in [1.54, 1.807) is 6.07 Å². The highest BCUT2D eigenvalue weighted by Gasteiger charge is 2.16. The molecule has 0 bridgehead atoms. The molecular weight excluding hydrogens is 272 g/mol. The van der Waals surface area contributed by atoms with Crippen LogP contribution in [-0.4, -0.2) is 30.2 Å². The number of nitrogens with one attached hydrogen (secondary N) is 1. The summed E-state index contributed by atoms with van der Waals surface area (Å²) >= 11 is 0. The number of nitrogens with zero attached hydrogens (tertiary/aromatic N) is 1. The van der Waals surface area contributed by atoms with E-state index in [0.717, 1.165) is 18.5 Å². The molecule has 21 heavy (non-hydrogen) atoms. The smallest absolute Gasteiger partial charge is 0.408 e. The van der Waals surface area contributed by atoms with Crippen molar-refractivity contribution in [2.75, 3.05) is 19.8 Å². The van der Waals surface area contributed by atoms with Gasteiger partial charge >= 0.3 is 5.76 Å². The highest BCUT2D eigenvalue weighted by atomic mass is 16.5. The number of benzene rings is 1. The van der Waals surface area contributed by atoms with E-state index in [-0.39, 0.29) is 12.3 Å². The number of amides is 1. The molecule has 3 rings (SSSR count). The van der Waals surface area contributed by atoms with E-state index in [4.69, 9.17) is 9.15 Å². The predicted octanol–water partition coefficient (Wildman–Crippen LogP) is 1.14. The van der Waals surface area contributed by atoms with Gasteiger partial charge in [0.15, 0.2) is 5.58 Å². The van der Waals surface area contributed by atoms with Gasteiger partial charge in [-0.3, -0.25) is 9.36 Å². The molecular formula is C15H18N2O4. The lowest BCUT2D eigenvalue weighted by Gasteiger charge is -2.09. The van der Waals surface area contributed by atoms with Crippen LogP contribution in [0.25, 0.3) is 11.1 Å². The van der Waals surface area contributed by atoms with Crippen LogP contribution in [0.5, 0.6) is 0 Å². The molecule has 1 aromatic heterocycles. The van der Waals surface area contributed by atoms with Crippen LogP contribution in [0.15, 0.2) is 33.5 Å². The second-order valence-corrected chi connectivity index (χ2v) is 5.27. The Morgan fingerprint density at radius 3 is 3.05 bits per heavy atom. The van der Waals surface area contributed by atoms with E-state index >= 15 is 0 Å². The molecule has 0 spiro atoms.